The topological polar surface area (TPSA) is 73.0 Å². The Bertz CT molecular complexity index is 698. The first-order valence-corrected chi connectivity index (χ1v) is 10.5. The van der Waals surface area contributed by atoms with Gasteiger partial charge in [-0.15, -0.1) is 0 Å². The molecule has 1 aliphatic rings. The van der Waals surface area contributed by atoms with Crippen LogP contribution in [0.25, 0.3) is 0 Å². The van der Waals surface area contributed by atoms with E-state index >= 15 is 0 Å². The number of piperazine rings is 1. The van der Waals surface area contributed by atoms with Gasteiger partial charge in [-0.3, -0.25) is 4.79 Å². The molecular formula is C18H30N4O3S. The van der Waals surface area contributed by atoms with Crippen molar-refractivity contribution in [2.75, 3.05) is 60.4 Å². The van der Waals surface area contributed by atoms with Crippen molar-refractivity contribution in [1.82, 2.24) is 19.4 Å². The third kappa shape index (κ3) is 5.77. The predicted octanol–water partition coefficient (Wildman–Crippen LogP) is 0.694. The molecule has 1 fully saturated rings. The monoisotopic (exact) mass is 382 g/mol. The molecule has 0 spiro atoms. The summed E-state index contributed by atoms with van der Waals surface area (Å²) >= 11 is 0. The van der Waals surface area contributed by atoms with Gasteiger partial charge in [-0.05, 0) is 44.6 Å². The van der Waals surface area contributed by atoms with Crippen LogP contribution in [0.2, 0.25) is 0 Å². The quantitative estimate of drug-likeness (QED) is 0.670. The number of hydrogen-bond acceptors (Lipinski definition) is 5. The van der Waals surface area contributed by atoms with Crippen molar-refractivity contribution in [3.05, 3.63) is 29.8 Å². The van der Waals surface area contributed by atoms with E-state index in [1.807, 2.05) is 0 Å². The van der Waals surface area contributed by atoms with Gasteiger partial charge in [-0.1, -0.05) is 6.07 Å². The highest BCUT2D eigenvalue weighted by molar-refractivity contribution is 7.89. The minimum atomic E-state index is -3.53. The summed E-state index contributed by atoms with van der Waals surface area (Å²) in [6, 6.07) is 6.16. The van der Waals surface area contributed by atoms with Crippen LogP contribution in [-0.2, 0) is 10.0 Å². The van der Waals surface area contributed by atoms with E-state index in [0.717, 1.165) is 49.9 Å². The van der Waals surface area contributed by atoms with Crippen molar-refractivity contribution in [3.63, 3.8) is 0 Å². The summed E-state index contributed by atoms with van der Waals surface area (Å²) in [7, 11) is 1.56. The maximum absolute atomic E-state index is 12.3. The minimum absolute atomic E-state index is 0.130. The molecule has 7 nitrogen and oxygen atoms in total. The number of hydrogen-bond donors (Lipinski definition) is 1. The Labute approximate surface area is 157 Å². The summed E-state index contributed by atoms with van der Waals surface area (Å²) in [5.74, 6) is -0.236. The fraction of sp³-hybridized carbons (Fsp3) is 0.611. The molecule has 0 aromatic heterocycles. The summed E-state index contributed by atoms with van der Waals surface area (Å²) in [5, 5.41) is 2.88. The van der Waals surface area contributed by atoms with Gasteiger partial charge < -0.3 is 15.1 Å². The van der Waals surface area contributed by atoms with Crippen LogP contribution < -0.4 is 5.32 Å². The van der Waals surface area contributed by atoms with Crippen molar-refractivity contribution in [3.8, 4) is 0 Å². The van der Waals surface area contributed by atoms with Gasteiger partial charge in [0.1, 0.15) is 0 Å². The fourth-order valence-corrected chi connectivity index (χ4v) is 3.79. The lowest BCUT2D eigenvalue weighted by atomic mass is 10.2. The van der Waals surface area contributed by atoms with Crippen molar-refractivity contribution < 1.29 is 13.2 Å². The molecule has 1 aromatic rings. The molecule has 1 aliphatic heterocycles. The number of nitrogens with one attached hydrogen (secondary N) is 1. The van der Waals surface area contributed by atoms with Gasteiger partial charge in [-0.2, -0.15) is 0 Å². The number of carbonyl (C=O) groups is 1. The molecule has 0 atom stereocenters. The summed E-state index contributed by atoms with van der Waals surface area (Å²) < 4.78 is 25.5. The molecule has 0 bridgehead atoms. The van der Waals surface area contributed by atoms with E-state index in [4.69, 9.17) is 0 Å². The normalized spacial score (nSPS) is 16.8. The first-order valence-electron chi connectivity index (χ1n) is 9.02. The van der Waals surface area contributed by atoms with Crippen LogP contribution in [0.1, 0.15) is 23.2 Å². The maximum atomic E-state index is 12.3. The smallest absolute Gasteiger partial charge is 0.251 e. The second-order valence-corrected chi connectivity index (χ2v) is 9.08. The molecule has 1 saturated heterocycles. The highest BCUT2D eigenvalue weighted by Crippen LogP contribution is 2.14. The van der Waals surface area contributed by atoms with Crippen molar-refractivity contribution >= 4 is 15.9 Å². The van der Waals surface area contributed by atoms with Gasteiger partial charge >= 0.3 is 0 Å². The lowest BCUT2D eigenvalue weighted by Gasteiger charge is -2.32. The highest BCUT2D eigenvalue weighted by Gasteiger charge is 2.18. The molecule has 1 amide bonds. The molecule has 1 aromatic carbocycles. The third-order valence-corrected chi connectivity index (χ3v) is 6.47. The second-order valence-electron chi connectivity index (χ2n) is 6.92. The van der Waals surface area contributed by atoms with Crippen LogP contribution in [0.4, 0.5) is 0 Å². The number of rotatable bonds is 8. The number of likely N-dealkylation sites (N-methyl/N-ethyl adjacent to an activating group) is 1. The van der Waals surface area contributed by atoms with E-state index < -0.39 is 10.0 Å². The lowest BCUT2D eigenvalue weighted by molar-refractivity contribution is 0.0951. The second kappa shape index (κ2) is 9.45. The molecule has 1 N–H and O–H groups in total. The zero-order valence-electron chi connectivity index (χ0n) is 15.9. The van der Waals surface area contributed by atoms with Crippen molar-refractivity contribution in [1.29, 1.82) is 0 Å². The summed E-state index contributed by atoms with van der Waals surface area (Å²) in [5.41, 5.74) is 0.368. The first-order chi connectivity index (χ1) is 12.3. The van der Waals surface area contributed by atoms with E-state index in [0.29, 0.717) is 12.1 Å². The van der Waals surface area contributed by atoms with Crippen LogP contribution in [-0.4, -0.2) is 88.8 Å². The molecule has 26 heavy (non-hydrogen) atoms. The molecule has 0 aliphatic carbocycles. The molecular weight excluding hydrogens is 352 g/mol. The van der Waals surface area contributed by atoms with Crippen molar-refractivity contribution in [2.45, 2.75) is 17.7 Å². The van der Waals surface area contributed by atoms with Gasteiger partial charge in [0.05, 0.1) is 4.90 Å². The minimum Gasteiger partial charge on any atom is -0.352 e. The van der Waals surface area contributed by atoms with Crippen LogP contribution in [0.3, 0.4) is 0 Å². The third-order valence-electron chi connectivity index (χ3n) is 4.66. The maximum Gasteiger partial charge on any atom is 0.251 e. The van der Waals surface area contributed by atoms with E-state index in [1.165, 1.54) is 26.2 Å². The lowest BCUT2D eigenvalue weighted by Crippen LogP contribution is -2.44. The van der Waals surface area contributed by atoms with E-state index in [9.17, 15) is 13.2 Å². The summed E-state index contributed by atoms with van der Waals surface area (Å²) in [6.07, 6.45) is 1.95. The van der Waals surface area contributed by atoms with Gasteiger partial charge in [0, 0.05) is 52.4 Å². The Morgan fingerprint density at radius 3 is 2.50 bits per heavy atom. The van der Waals surface area contributed by atoms with E-state index in [2.05, 4.69) is 22.2 Å². The average molecular weight is 383 g/mol. The van der Waals surface area contributed by atoms with E-state index in [1.54, 1.807) is 12.1 Å². The SMILES string of the molecule is CN1CCN(CCCCNC(=O)c2cccc(S(=O)(=O)N(C)C)c2)CC1. The molecule has 146 valence electrons. The van der Waals surface area contributed by atoms with Crippen LogP contribution in [0.15, 0.2) is 29.2 Å². The van der Waals surface area contributed by atoms with Crippen LogP contribution >= 0.6 is 0 Å². The fourth-order valence-electron chi connectivity index (χ4n) is 2.84. The van der Waals surface area contributed by atoms with Crippen molar-refractivity contribution in [2.24, 2.45) is 0 Å². The van der Waals surface area contributed by atoms with E-state index in [-0.39, 0.29) is 10.8 Å². The average Bonchev–Trinajstić information content (AvgIpc) is 2.62. The van der Waals surface area contributed by atoms with Gasteiger partial charge in [0.15, 0.2) is 0 Å². The summed E-state index contributed by atoms with van der Waals surface area (Å²) in [6.45, 7) is 6.09. The van der Waals surface area contributed by atoms with Crippen LogP contribution in [0, 0.1) is 0 Å². The number of unbranched alkanes of at least 4 members (excludes halogenated alkanes) is 1. The van der Waals surface area contributed by atoms with Gasteiger partial charge in [-0.25, -0.2) is 12.7 Å². The Hall–Kier alpha value is -1.48. The Morgan fingerprint density at radius 1 is 1.15 bits per heavy atom. The molecule has 0 saturated carbocycles. The highest BCUT2D eigenvalue weighted by atomic mass is 32.2. The van der Waals surface area contributed by atoms with Crippen LogP contribution in [0.5, 0.6) is 0 Å². The number of amides is 1. The largest absolute Gasteiger partial charge is 0.352 e. The Morgan fingerprint density at radius 2 is 1.85 bits per heavy atom. The Balaban J connectivity index is 1.76. The predicted molar refractivity (Wildman–Crippen MR) is 103 cm³/mol. The number of benzene rings is 1. The molecule has 8 heteroatoms. The molecule has 1 heterocycles. The molecule has 0 radical (unpaired) electrons. The number of sulfonamides is 1. The number of nitrogens with zero attached hydrogens (tertiary/aromatic N) is 3. The summed E-state index contributed by atoms with van der Waals surface area (Å²) in [4.78, 5) is 17.2. The standard InChI is InChI=1S/C18H30N4O3S/c1-20(2)26(24,25)17-8-6-7-16(15-17)18(23)19-9-4-5-10-22-13-11-21(3)12-14-22/h6-8,15H,4-5,9-14H2,1-3H3,(H,19,23). The number of carbonyl (C=O) groups excluding carboxylic acids is 1. The first kappa shape index (κ1) is 20.8. The van der Waals surface area contributed by atoms with Gasteiger partial charge in [0.2, 0.25) is 10.0 Å². The zero-order chi connectivity index (χ0) is 19.2. The van der Waals surface area contributed by atoms with Gasteiger partial charge in [0.25, 0.3) is 5.91 Å². The zero-order valence-corrected chi connectivity index (χ0v) is 16.8. The Kier molecular flexibility index (Phi) is 7.57. The molecule has 0 unspecified atom stereocenters. The molecule has 2 rings (SSSR count).